The third-order valence-corrected chi connectivity index (χ3v) is 3.26. The molecule has 0 radical (unpaired) electrons. The third kappa shape index (κ3) is 2.63. The predicted molar refractivity (Wildman–Crippen MR) is 83.7 cm³/mol. The number of aryl methyl sites for hydroxylation is 1. The van der Waals surface area contributed by atoms with Crippen LogP contribution in [0, 0.1) is 18.3 Å². The number of rotatable bonds is 2. The van der Waals surface area contributed by atoms with Crippen LogP contribution in [-0.2, 0) is 0 Å². The molecular formula is C15H11N5O3. The van der Waals surface area contributed by atoms with Crippen molar-refractivity contribution in [2.45, 2.75) is 6.92 Å². The predicted octanol–water partition coefficient (Wildman–Crippen LogP) is 1.02. The van der Waals surface area contributed by atoms with Gasteiger partial charge in [-0.25, -0.2) is 9.78 Å². The minimum Gasteiger partial charge on any atom is -0.494 e. The molecule has 2 aromatic heterocycles. The monoisotopic (exact) mass is 309 g/mol. The van der Waals surface area contributed by atoms with Crippen molar-refractivity contribution in [2.24, 2.45) is 0 Å². The summed E-state index contributed by atoms with van der Waals surface area (Å²) in [6.45, 7) is 1.93. The van der Waals surface area contributed by atoms with Gasteiger partial charge < -0.3 is 10.1 Å². The van der Waals surface area contributed by atoms with Crippen molar-refractivity contribution in [1.82, 2.24) is 19.9 Å². The number of benzene rings is 1. The maximum Gasteiger partial charge on any atom is 0.328 e. The number of allylic oxidation sites excluding steroid dienone is 1. The van der Waals surface area contributed by atoms with E-state index in [0.29, 0.717) is 5.52 Å². The summed E-state index contributed by atoms with van der Waals surface area (Å²) in [6, 6.07) is 7.50. The van der Waals surface area contributed by atoms with Crippen LogP contribution in [0.4, 0.5) is 0 Å². The second kappa shape index (κ2) is 5.31. The van der Waals surface area contributed by atoms with Gasteiger partial charge in [-0.05, 0) is 30.7 Å². The number of nitriles is 1. The molecule has 0 aliphatic rings. The second-order valence-corrected chi connectivity index (χ2v) is 4.95. The van der Waals surface area contributed by atoms with Crippen LogP contribution in [0.15, 0.2) is 27.8 Å². The summed E-state index contributed by atoms with van der Waals surface area (Å²) in [5, 5.41) is 19.0. The summed E-state index contributed by atoms with van der Waals surface area (Å²) < 4.78 is 0. The van der Waals surface area contributed by atoms with E-state index in [1.807, 2.05) is 36.2 Å². The molecule has 0 unspecified atom stereocenters. The SMILES string of the molecule is Cc1ccc2nc(/C(C#N)=C/c3c(O)[nH]c(=O)[nH]c3=O)[nH]c2c1. The van der Waals surface area contributed by atoms with Gasteiger partial charge in [-0.15, -0.1) is 0 Å². The topological polar surface area (TPSA) is 138 Å². The Kier molecular flexibility index (Phi) is 3.31. The first-order valence-electron chi connectivity index (χ1n) is 6.62. The van der Waals surface area contributed by atoms with Gasteiger partial charge in [-0.3, -0.25) is 14.8 Å². The molecule has 3 aromatic rings. The van der Waals surface area contributed by atoms with Gasteiger partial charge in [0.15, 0.2) is 0 Å². The fraction of sp³-hybridized carbons (Fsp3) is 0.0667. The van der Waals surface area contributed by atoms with E-state index in [-0.39, 0.29) is 17.0 Å². The molecule has 3 rings (SSSR count). The molecule has 0 saturated carbocycles. The van der Waals surface area contributed by atoms with E-state index in [1.165, 1.54) is 0 Å². The zero-order chi connectivity index (χ0) is 16.6. The molecule has 0 aliphatic carbocycles. The molecule has 0 amide bonds. The number of nitrogens with zero attached hydrogens (tertiary/aromatic N) is 2. The van der Waals surface area contributed by atoms with E-state index >= 15 is 0 Å². The quantitative estimate of drug-likeness (QED) is 0.523. The van der Waals surface area contributed by atoms with Gasteiger partial charge in [-0.1, -0.05) is 6.07 Å². The molecular weight excluding hydrogens is 298 g/mol. The van der Waals surface area contributed by atoms with Crippen LogP contribution in [0.1, 0.15) is 17.0 Å². The van der Waals surface area contributed by atoms with Crippen LogP contribution in [-0.4, -0.2) is 25.0 Å². The average molecular weight is 309 g/mol. The van der Waals surface area contributed by atoms with E-state index in [0.717, 1.165) is 17.2 Å². The van der Waals surface area contributed by atoms with Crippen molar-refractivity contribution < 1.29 is 5.11 Å². The largest absolute Gasteiger partial charge is 0.494 e. The highest BCUT2D eigenvalue weighted by molar-refractivity contribution is 5.90. The molecule has 0 spiro atoms. The molecule has 114 valence electrons. The fourth-order valence-corrected chi connectivity index (χ4v) is 2.17. The van der Waals surface area contributed by atoms with E-state index in [1.54, 1.807) is 0 Å². The zero-order valence-corrected chi connectivity index (χ0v) is 12.0. The molecule has 0 atom stereocenters. The highest BCUT2D eigenvalue weighted by atomic mass is 16.3. The molecule has 23 heavy (non-hydrogen) atoms. The minimum absolute atomic E-state index is 0.0479. The molecule has 0 saturated heterocycles. The van der Waals surface area contributed by atoms with Crippen molar-refractivity contribution in [3.05, 3.63) is 56.0 Å². The lowest BCUT2D eigenvalue weighted by atomic mass is 10.2. The molecule has 1 aromatic carbocycles. The summed E-state index contributed by atoms with van der Waals surface area (Å²) in [5.74, 6) is -0.350. The maximum absolute atomic E-state index is 11.7. The lowest BCUT2D eigenvalue weighted by Crippen LogP contribution is -2.23. The maximum atomic E-state index is 11.7. The van der Waals surface area contributed by atoms with Crippen molar-refractivity contribution in [2.75, 3.05) is 0 Å². The third-order valence-electron chi connectivity index (χ3n) is 3.26. The minimum atomic E-state index is -0.831. The number of imidazole rings is 1. The van der Waals surface area contributed by atoms with Crippen molar-refractivity contribution in [3.8, 4) is 11.9 Å². The van der Waals surface area contributed by atoms with Crippen LogP contribution < -0.4 is 11.2 Å². The Labute approximate surface area is 128 Å². The first-order valence-corrected chi connectivity index (χ1v) is 6.62. The number of nitrogens with one attached hydrogen (secondary N) is 3. The van der Waals surface area contributed by atoms with Gasteiger partial charge in [0.1, 0.15) is 17.5 Å². The van der Waals surface area contributed by atoms with Crippen LogP contribution in [0.25, 0.3) is 22.7 Å². The molecule has 8 nitrogen and oxygen atoms in total. The van der Waals surface area contributed by atoms with E-state index in [2.05, 4.69) is 15.0 Å². The number of hydrogen-bond donors (Lipinski definition) is 4. The number of aromatic amines is 3. The lowest BCUT2D eigenvalue weighted by Gasteiger charge is -1.98. The molecule has 0 aliphatic heterocycles. The Bertz CT molecular complexity index is 1090. The molecule has 4 N–H and O–H groups in total. The number of H-pyrrole nitrogens is 3. The Morgan fingerprint density at radius 2 is 2.09 bits per heavy atom. The van der Waals surface area contributed by atoms with Crippen molar-refractivity contribution in [3.63, 3.8) is 0 Å². The van der Waals surface area contributed by atoms with Crippen molar-refractivity contribution in [1.29, 1.82) is 5.26 Å². The van der Waals surface area contributed by atoms with Gasteiger partial charge in [0, 0.05) is 0 Å². The molecule has 2 heterocycles. The molecule has 8 heteroatoms. The number of aromatic nitrogens is 4. The standard InChI is InChI=1S/C15H11N5O3/c1-7-2-3-10-11(4-7)18-12(17-10)8(6-16)5-9-13(21)19-15(23)20-14(9)22/h2-5H,1H3,(H,17,18)(H3,19,20,21,22,23)/b8-5+. The van der Waals surface area contributed by atoms with E-state index in [9.17, 15) is 20.0 Å². The normalized spacial score (nSPS) is 11.6. The zero-order valence-electron chi connectivity index (χ0n) is 12.0. The summed E-state index contributed by atoms with van der Waals surface area (Å²) in [4.78, 5) is 34.1. The molecule has 0 fully saturated rings. The number of aromatic hydroxyl groups is 1. The van der Waals surface area contributed by atoms with E-state index < -0.39 is 17.1 Å². The van der Waals surface area contributed by atoms with Crippen LogP contribution in [0.3, 0.4) is 0 Å². The Balaban J connectivity index is 2.17. The Hall–Kier alpha value is -3.60. The van der Waals surface area contributed by atoms with Gasteiger partial charge in [0.2, 0.25) is 5.88 Å². The van der Waals surface area contributed by atoms with Crippen LogP contribution in [0.5, 0.6) is 5.88 Å². The number of fused-ring (bicyclic) bond motifs is 1. The summed E-state index contributed by atoms with van der Waals surface area (Å²) in [7, 11) is 0. The van der Waals surface area contributed by atoms with Gasteiger partial charge in [0.05, 0.1) is 16.6 Å². The summed E-state index contributed by atoms with van der Waals surface area (Å²) in [5.41, 5.74) is 0.648. The summed E-state index contributed by atoms with van der Waals surface area (Å²) >= 11 is 0. The summed E-state index contributed by atoms with van der Waals surface area (Å²) in [6.07, 6.45) is 1.16. The van der Waals surface area contributed by atoms with Crippen LogP contribution in [0.2, 0.25) is 0 Å². The van der Waals surface area contributed by atoms with E-state index in [4.69, 9.17) is 0 Å². The fourth-order valence-electron chi connectivity index (χ4n) is 2.17. The smallest absolute Gasteiger partial charge is 0.328 e. The van der Waals surface area contributed by atoms with Gasteiger partial charge in [0.25, 0.3) is 5.56 Å². The molecule has 0 bridgehead atoms. The highest BCUT2D eigenvalue weighted by Crippen LogP contribution is 2.20. The Morgan fingerprint density at radius 1 is 1.30 bits per heavy atom. The first-order chi connectivity index (χ1) is 11.0. The Morgan fingerprint density at radius 3 is 2.78 bits per heavy atom. The van der Waals surface area contributed by atoms with Crippen LogP contribution >= 0.6 is 0 Å². The highest BCUT2D eigenvalue weighted by Gasteiger charge is 2.12. The first kappa shape index (κ1) is 14.3. The van der Waals surface area contributed by atoms with Gasteiger partial charge >= 0.3 is 5.69 Å². The van der Waals surface area contributed by atoms with Crippen molar-refractivity contribution >= 4 is 22.7 Å². The van der Waals surface area contributed by atoms with Gasteiger partial charge in [-0.2, -0.15) is 5.26 Å². The number of hydrogen-bond acceptors (Lipinski definition) is 5. The lowest BCUT2D eigenvalue weighted by molar-refractivity contribution is 0.447. The second-order valence-electron chi connectivity index (χ2n) is 4.95. The average Bonchev–Trinajstić information content (AvgIpc) is 2.89.